The van der Waals surface area contributed by atoms with Crippen molar-refractivity contribution in [3.8, 4) is 22.1 Å². The first kappa shape index (κ1) is 33.4. The average Bonchev–Trinajstić information content (AvgIpc) is 3.72. The van der Waals surface area contributed by atoms with Crippen LogP contribution in [0.25, 0.3) is 10.4 Å². The standard InChI is InChI=1S/C33H42N4O8S/c1-19(2)30(25-15-28(36-45-25)42-11-7-6-8-29(40)44-33(3,4)5)32(41)37-16-21(38)14-26(37)35-27(39)13-20-9-10-22-24(12-20)43-17-23-31(22)46-18-34-23/h9-10,12,15,18-19,21,26,30,38H,6-8,11,13-14,16-17H2,1-5H3,(H,35,39)/t21-,26+,30-/m1/s1. The van der Waals surface area contributed by atoms with Crippen LogP contribution in [-0.4, -0.2) is 69.0 Å². The lowest BCUT2D eigenvalue weighted by Crippen LogP contribution is -2.49. The first-order valence-corrected chi connectivity index (χ1v) is 16.5. The maximum absolute atomic E-state index is 13.9. The molecule has 2 amide bonds. The predicted octanol–water partition coefficient (Wildman–Crippen LogP) is 4.60. The fourth-order valence-corrected chi connectivity index (χ4v) is 6.51. The Kier molecular flexibility index (Phi) is 10.3. The maximum Gasteiger partial charge on any atom is 0.306 e. The minimum Gasteiger partial charge on any atom is -0.487 e. The molecule has 13 heteroatoms. The van der Waals surface area contributed by atoms with Gasteiger partial charge >= 0.3 is 5.97 Å². The number of amides is 2. The third-order valence-corrected chi connectivity index (χ3v) is 8.64. The van der Waals surface area contributed by atoms with E-state index < -0.39 is 23.8 Å². The van der Waals surface area contributed by atoms with Crippen LogP contribution in [0.5, 0.6) is 11.6 Å². The van der Waals surface area contributed by atoms with Gasteiger partial charge in [-0.05, 0) is 62.4 Å². The van der Waals surface area contributed by atoms with Gasteiger partial charge in [0.15, 0.2) is 5.76 Å². The number of hydrogen-bond acceptors (Lipinski definition) is 11. The summed E-state index contributed by atoms with van der Waals surface area (Å²) >= 11 is 1.56. The second-order valence-corrected chi connectivity index (χ2v) is 13.9. The molecule has 0 unspecified atom stereocenters. The topological polar surface area (TPSA) is 153 Å². The van der Waals surface area contributed by atoms with Gasteiger partial charge in [0, 0.05) is 31.0 Å². The van der Waals surface area contributed by atoms with Crippen LogP contribution >= 0.6 is 11.3 Å². The molecule has 5 rings (SSSR count). The summed E-state index contributed by atoms with van der Waals surface area (Å²) < 4.78 is 22.4. The lowest BCUT2D eigenvalue weighted by Gasteiger charge is -2.29. The Hall–Kier alpha value is -3.97. The molecule has 2 aliphatic heterocycles. The zero-order valence-corrected chi connectivity index (χ0v) is 27.7. The van der Waals surface area contributed by atoms with Crippen LogP contribution in [0.2, 0.25) is 0 Å². The SMILES string of the molecule is CC(C)[C@@H](C(=O)N1C[C@H](O)C[C@H]1NC(=O)Cc1ccc2c(c1)OCc1ncsc1-2)c1cc(OCCCCC(=O)OC(C)(C)C)no1. The fraction of sp³-hybridized carbons (Fsp3) is 0.545. The Labute approximate surface area is 272 Å². The van der Waals surface area contributed by atoms with E-state index in [9.17, 15) is 19.5 Å². The van der Waals surface area contributed by atoms with Crippen molar-refractivity contribution in [2.75, 3.05) is 13.2 Å². The van der Waals surface area contributed by atoms with E-state index in [4.69, 9.17) is 18.7 Å². The summed E-state index contributed by atoms with van der Waals surface area (Å²) in [4.78, 5) is 45.8. The summed E-state index contributed by atoms with van der Waals surface area (Å²) in [5, 5.41) is 17.4. The Bertz CT molecular complexity index is 1540. The zero-order valence-electron chi connectivity index (χ0n) is 26.9. The van der Waals surface area contributed by atoms with E-state index in [0.29, 0.717) is 44.0 Å². The Morgan fingerprint density at radius 2 is 2.00 bits per heavy atom. The van der Waals surface area contributed by atoms with E-state index in [2.05, 4.69) is 15.5 Å². The van der Waals surface area contributed by atoms with Crippen LogP contribution in [-0.2, 0) is 32.1 Å². The van der Waals surface area contributed by atoms with Gasteiger partial charge in [0.1, 0.15) is 30.0 Å². The van der Waals surface area contributed by atoms with E-state index in [1.165, 1.54) is 4.90 Å². The summed E-state index contributed by atoms with van der Waals surface area (Å²) in [6.45, 7) is 10.1. The number of carbonyl (C=O) groups excluding carboxylic acids is 3. The molecule has 0 saturated carbocycles. The minimum absolute atomic E-state index is 0.0893. The van der Waals surface area contributed by atoms with Gasteiger partial charge in [0.05, 0.1) is 35.2 Å². The number of unbranched alkanes of at least 4 members (excludes halogenated alkanes) is 1. The number of nitrogens with zero attached hydrogens (tertiary/aromatic N) is 3. The maximum atomic E-state index is 13.9. The molecule has 0 bridgehead atoms. The number of ether oxygens (including phenoxy) is 3. The largest absolute Gasteiger partial charge is 0.487 e. The van der Waals surface area contributed by atoms with Gasteiger partial charge in [-0.15, -0.1) is 11.3 Å². The Morgan fingerprint density at radius 3 is 2.76 bits per heavy atom. The Balaban J connectivity index is 1.16. The number of nitrogens with one attached hydrogen (secondary N) is 1. The first-order chi connectivity index (χ1) is 21.9. The van der Waals surface area contributed by atoms with Crippen molar-refractivity contribution in [1.29, 1.82) is 0 Å². The van der Waals surface area contributed by atoms with Crippen molar-refractivity contribution in [3.63, 3.8) is 0 Å². The zero-order chi connectivity index (χ0) is 33.0. The molecule has 2 aromatic heterocycles. The second kappa shape index (κ2) is 14.2. The number of aliphatic hydroxyl groups is 1. The molecular weight excluding hydrogens is 612 g/mol. The molecule has 1 fully saturated rings. The van der Waals surface area contributed by atoms with Gasteiger partial charge in [0.2, 0.25) is 11.8 Å². The number of carbonyl (C=O) groups is 3. The summed E-state index contributed by atoms with van der Waals surface area (Å²) in [5.41, 5.74) is 3.93. The van der Waals surface area contributed by atoms with Gasteiger partial charge in [-0.3, -0.25) is 14.4 Å². The van der Waals surface area contributed by atoms with Crippen LogP contribution in [0.1, 0.15) is 83.2 Å². The number of hydrogen-bond donors (Lipinski definition) is 2. The molecule has 12 nitrogen and oxygen atoms in total. The smallest absolute Gasteiger partial charge is 0.306 e. The number of β-amino-alcohol motifs (C(OH)–C–C–N with tert-alkyl or cyclic N) is 1. The number of aromatic nitrogens is 2. The molecule has 1 aromatic carbocycles. The minimum atomic E-state index is -0.776. The number of thiazole rings is 1. The highest BCUT2D eigenvalue weighted by Crippen LogP contribution is 2.40. The highest BCUT2D eigenvalue weighted by atomic mass is 32.1. The van der Waals surface area contributed by atoms with Crippen molar-refractivity contribution in [2.45, 2.75) is 97.1 Å². The molecule has 46 heavy (non-hydrogen) atoms. The number of fused-ring (bicyclic) bond motifs is 3. The summed E-state index contributed by atoms with van der Waals surface area (Å²) in [5.74, 6) is -0.354. The second-order valence-electron chi connectivity index (χ2n) is 13.1. The third kappa shape index (κ3) is 8.24. The van der Waals surface area contributed by atoms with Gasteiger partial charge < -0.3 is 34.1 Å². The van der Waals surface area contributed by atoms with Gasteiger partial charge in [0.25, 0.3) is 5.88 Å². The van der Waals surface area contributed by atoms with Crippen molar-refractivity contribution in [3.05, 3.63) is 46.8 Å². The van der Waals surface area contributed by atoms with E-state index in [1.807, 2.05) is 52.8 Å². The molecule has 4 heterocycles. The van der Waals surface area contributed by atoms with Crippen LogP contribution in [0.3, 0.4) is 0 Å². The monoisotopic (exact) mass is 654 g/mol. The van der Waals surface area contributed by atoms with Crippen LogP contribution in [0.4, 0.5) is 0 Å². The highest BCUT2D eigenvalue weighted by Gasteiger charge is 2.41. The molecule has 0 aliphatic carbocycles. The van der Waals surface area contributed by atoms with E-state index in [0.717, 1.165) is 21.7 Å². The normalized spacial score (nSPS) is 18.0. The van der Waals surface area contributed by atoms with Crippen LogP contribution < -0.4 is 14.8 Å². The molecule has 0 radical (unpaired) electrons. The molecular formula is C33H42N4O8S. The summed E-state index contributed by atoms with van der Waals surface area (Å²) in [7, 11) is 0. The van der Waals surface area contributed by atoms with Crippen LogP contribution in [0, 0.1) is 5.92 Å². The molecule has 2 aliphatic rings. The van der Waals surface area contributed by atoms with Gasteiger partial charge in [-0.1, -0.05) is 19.9 Å². The molecule has 0 spiro atoms. The van der Waals surface area contributed by atoms with Crippen molar-refractivity contribution in [1.82, 2.24) is 20.4 Å². The summed E-state index contributed by atoms with van der Waals surface area (Å²) in [6, 6.07) is 7.30. The molecule has 2 N–H and O–H groups in total. The fourth-order valence-electron chi connectivity index (χ4n) is 5.68. The predicted molar refractivity (Wildman–Crippen MR) is 169 cm³/mol. The lowest BCUT2D eigenvalue weighted by atomic mass is 9.91. The number of esters is 1. The Morgan fingerprint density at radius 1 is 1.20 bits per heavy atom. The van der Waals surface area contributed by atoms with Gasteiger partial charge in [-0.25, -0.2) is 4.98 Å². The van der Waals surface area contributed by atoms with Crippen molar-refractivity contribution in [2.24, 2.45) is 5.92 Å². The number of rotatable bonds is 12. The molecule has 3 atom stereocenters. The molecule has 248 valence electrons. The van der Waals surface area contributed by atoms with Crippen LogP contribution in [0.15, 0.2) is 34.3 Å². The first-order valence-electron chi connectivity index (χ1n) is 15.7. The number of likely N-dealkylation sites (tertiary alicyclic amines) is 1. The van der Waals surface area contributed by atoms with E-state index in [-0.39, 0.29) is 49.0 Å². The average molecular weight is 655 g/mol. The number of benzene rings is 1. The van der Waals surface area contributed by atoms with E-state index in [1.54, 1.807) is 22.9 Å². The van der Waals surface area contributed by atoms with Crippen molar-refractivity contribution >= 4 is 29.1 Å². The third-order valence-electron chi connectivity index (χ3n) is 7.74. The van der Waals surface area contributed by atoms with Gasteiger partial charge in [-0.2, -0.15) is 0 Å². The van der Waals surface area contributed by atoms with Crippen molar-refractivity contribution < 1.29 is 38.2 Å². The van der Waals surface area contributed by atoms with E-state index >= 15 is 0 Å². The molecule has 1 saturated heterocycles. The lowest BCUT2D eigenvalue weighted by molar-refractivity contribution is -0.155. The quantitative estimate of drug-likeness (QED) is 0.209. The summed E-state index contributed by atoms with van der Waals surface area (Å²) in [6.07, 6.45) is 0.379. The number of aliphatic hydroxyl groups excluding tert-OH is 1. The molecule has 3 aromatic rings. The highest BCUT2D eigenvalue weighted by molar-refractivity contribution is 7.13.